The second-order valence-electron chi connectivity index (χ2n) is 5.76. The van der Waals surface area contributed by atoms with Gasteiger partial charge in [0.2, 0.25) is 0 Å². The molecule has 1 unspecified atom stereocenters. The summed E-state index contributed by atoms with van der Waals surface area (Å²) in [5.74, 6) is 0. The standard InChI is InChI=1S/C17H18N4O/c1-20-17-14(10-19-20)15(6-8-18-17)21-9-7-16(22)13-5-3-2-4-12(13)11-21/h2-6,8,10,16,22H,7,9,11H2,1H3. The van der Waals surface area contributed by atoms with E-state index in [2.05, 4.69) is 21.0 Å². The lowest BCUT2D eigenvalue weighted by Crippen LogP contribution is -2.23. The molecule has 1 aliphatic rings. The molecule has 1 N–H and O–H groups in total. The van der Waals surface area contributed by atoms with Crippen molar-refractivity contribution < 1.29 is 5.11 Å². The van der Waals surface area contributed by atoms with Crippen molar-refractivity contribution >= 4 is 16.7 Å². The number of hydrogen-bond donors (Lipinski definition) is 1. The van der Waals surface area contributed by atoms with Gasteiger partial charge in [0.25, 0.3) is 0 Å². The summed E-state index contributed by atoms with van der Waals surface area (Å²) in [5.41, 5.74) is 4.24. The normalized spacial score (nSPS) is 18.3. The number of aryl methyl sites for hydroxylation is 1. The molecule has 0 radical (unpaired) electrons. The third kappa shape index (κ3) is 2.05. The minimum Gasteiger partial charge on any atom is -0.388 e. The monoisotopic (exact) mass is 294 g/mol. The Labute approximate surface area is 128 Å². The van der Waals surface area contributed by atoms with E-state index in [-0.39, 0.29) is 0 Å². The minimum atomic E-state index is -0.396. The number of aliphatic hydroxyl groups is 1. The molecule has 3 heterocycles. The highest BCUT2D eigenvalue weighted by molar-refractivity contribution is 5.89. The van der Waals surface area contributed by atoms with Crippen LogP contribution in [0.5, 0.6) is 0 Å². The Balaban J connectivity index is 1.80. The van der Waals surface area contributed by atoms with E-state index in [9.17, 15) is 5.11 Å². The Kier molecular flexibility index (Phi) is 3.08. The Morgan fingerprint density at radius 3 is 3.00 bits per heavy atom. The Morgan fingerprint density at radius 1 is 1.23 bits per heavy atom. The van der Waals surface area contributed by atoms with E-state index in [1.54, 1.807) is 4.68 Å². The van der Waals surface area contributed by atoms with Crippen LogP contribution in [0, 0.1) is 0 Å². The first-order valence-corrected chi connectivity index (χ1v) is 7.51. The summed E-state index contributed by atoms with van der Waals surface area (Å²) in [7, 11) is 1.90. The molecule has 0 amide bonds. The number of hydrogen-bond acceptors (Lipinski definition) is 4. The summed E-state index contributed by atoms with van der Waals surface area (Å²) in [5, 5.41) is 15.7. The molecule has 1 aromatic carbocycles. The second kappa shape index (κ2) is 5.10. The van der Waals surface area contributed by atoms with Gasteiger partial charge in [-0.1, -0.05) is 24.3 Å². The fourth-order valence-corrected chi connectivity index (χ4v) is 3.24. The topological polar surface area (TPSA) is 54.2 Å². The van der Waals surface area contributed by atoms with Gasteiger partial charge in [-0.2, -0.15) is 5.10 Å². The van der Waals surface area contributed by atoms with E-state index >= 15 is 0 Å². The molecule has 0 saturated carbocycles. The maximum absolute atomic E-state index is 10.4. The van der Waals surface area contributed by atoms with E-state index in [1.165, 1.54) is 5.56 Å². The van der Waals surface area contributed by atoms with Gasteiger partial charge in [0.1, 0.15) is 0 Å². The molecule has 5 nitrogen and oxygen atoms in total. The summed E-state index contributed by atoms with van der Waals surface area (Å²) < 4.78 is 1.79. The molecule has 0 fully saturated rings. The second-order valence-corrected chi connectivity index (χ2v) is 5.76. The van der Waals surface area contributed by atoms with Crippen molar-refractivity contribution in [3.63, 3.8) is 0 Å². The number of pyridine rings is 1. The first kappa shape index (κ1) is 13.3. The SMILES string of the molecule is Cn1ncc2c(N3CCC(O)c4ccccc4C3)ccnc21. The van der Waals surface area contributed by atoms with Crippen LogP contribution >= 0.6 is 0 Å². The van der Waals surface area contributed by atoms with Crippen LogP contribution in [0.2, 0.25) is 0 Å². The summed E-state index contributed by atoms with van der Waals surface area (Å²) >= 11 is 0. The maximum Gasteiger partial charge on any atom is 0.159 e. The lowest BCUT2D eigenvalue weighted by atomic mass is 10.0. The molecule has 0 saturated heterocycles. The summed E-state index contributed by atoms with van der Waals surface area (Å²) in [4.78, 5) is 6.71. The molecule has 0 bridgehead atoms. The number of rotatable bonds is 1. The number of benzene rings is 1. The zero-order valence-electron chi connectivity index (χ0n) is 12.5. The van der Waals surface area contributed by atoms with E-state index in [4.69, 9.17) is 0 Å². The lowest BCUT2D eigenvalue weighted by molar-refractivity contribution is 0.171. The van der Waals surface area contributed by atoms with Crippen molar-refractivity contribution in [2.24, 2.45) is 7.05 Å². The van der Waals surface area contributed by atoms with Gasteiger partial charge in [-0.05, 0) is 23.6 Å². The van der Waals surface area contributed by atoms with Crippen LogP contribution in [0.15, 0.2) is 42.7 Å². The molecule has 112 valence electrons. The van der Waals surface area contributed by atoms with Gasteiger partial charge >= 0.3 is 0 Å². The van der Waals surface area contributed by atoms with Gasteiger partial charge in [0, 0.05) is 26.3 Å². The maximum atomic E-state index is 10.4. The van der Waals surface area contributed by atoms with Gasteiger partial charge < -0.3 is 10.0 Å². The largest absolute Gasteiger partial charge is 0.388 e. The quantitative estimate of drug-likeness (QED) is 0.749. The summed E-state index contributed by atoms with van der Waals surface area (Å²) in [6.45, 7) is 1.60. The van der Waals surface area contributed by atoms with Gasteiger partial charge in [0.15, 0.2) is 5.65 Å². The Hall–Kier alpha value is -2.40. The van der Waals surface area contributed by atoms with Crippen LogP contribution in [0.3, 0.4) is 0 Å². The molecular formula is C17H18N4O. The fraction of sp³-hybridized carbons (Fsp3) is 0.294. The number of fused-ring (bicyclic) bond motifs is 2. The molecule has 1 atom stereocenters. The molecule has 0 aliphatic carbocycles. The minimum absolute atomic E-state index is 0.396. The molecule has 1 aliphatic heterocycles. The smallest absolute Gasteiger partial charge is 0.159 e. The lowest BCUT2D eigenvalue weighted by Gasteiger charge is -2.23. The van der Waals surface area contributed by atoms with E-state index in [0.29, 0.717) is 0 Å². The van der Waals surface area contributed by atoms with Gasteiger partial charge in [-0.3, -0.25) is 4.68 Å². The Bertz CT molecular complexity index is 826. The fourth-order valence-electron chi connectivity index (χ4n) is 3.24. The molecule has 22 heavy (non-hydrogen) atoms. The van der Waals surface area contributed by atoms with E-state index in [1.807, 2.05) is 43.7 Å². The van der Waals surface area contributed by atoms with Crippen LogP contribution in [0.1, 0.15) is 23.7 Å². The molecular weight excluding hydrogens is 276 g/mol. The third-order valence-corrected chi connectivity index (χ3v) is 4.40. The number of anilines is 1. The van der Waals surface area contributed by atoms with Crippen LogP contribution in [0.25, 0.3) is 11.0 Å². The zero-order chi connectivity index (χ0) is 15.1. The third-order valence-electron chi connectivity index (χ3n) is 4.40. The molecule has 0 spiro atoms. The van der Waals surface area contributed by atoms with Crippen LogP contribution in [0.4, 0.5) is 5.69 Å². The highest BCUT2D eigenvalue weighted by atomic mass is 16.3. The highest BCUT2D eigenvalue weighted by Gasteiger charge is 2.22. The van der Waals surface area contributed by atoms with E-state index < -0.39 is 6.10 Å². The predicted molar refractivity (Wildman–Crippen MR) is 85.6 cm³/mol. The first-order valence-electron chi connectivity index (χ1n) is 7.51. The number of aliphatic hydroxyl groups excluding tert-OH is 1. The summed E-state index contributed by atoms with van der Waals surface area (Å²) in [6.07, 6.45) is 4.02. The summed E-state index contributed by atoms with van der Waals surface area (Å²) in [6, 6.07) is 10.2. The molecule has 5 heteroatoms. The van der Waals surface area contributed by atoms with Crippen molar-refractivity contribution in [3.05, 3.63) is 53.9 Å². The van der Waals surface area contributed by atoms with Gasteiger partial charge in [0.05, 0.1) is 23.4 Å². The van der Waals surface area contributed by atoms with Crippen molar-refractivity contribution in [2.75, 3.05) is 11.4 Å². The van der Waals surface area contributed by atoms with Crippen LogP contribution in [-0.4, -0.2) is 26.4 Å². The number of aromatic nitrogens is 3. The van der Waals surface area contributed by atoms with Crippen molar-refractivity contribution in [2.45, 2.75) is 19.1 Å². The molecule has 2 aromatic heterocycles. The first-order chi connectivity index (χ1) is 10.7. The predicted octanol–water partition coefficient (Wildman–Crippen LogP) is 2.41. The van der Waals surface area contributed by atoms with Gasteiger partial charge in [-0.25, -0.2) is 4.98 Å². The average molecular weight is 294 g/mol. The molecule has 3 aromatic rings. The van der Waals surface area contributed by atoms with Crippen molar-refractivity contribution in [1.29, 1.82) is 0 Å². The Morgan fingerprint density at radius 2 is 2.09 bits per heavy atom. The van der Waals surface area contributed by atoms with E-state index in [0.717, 1.165) is 41.8 Å². The van der Waals surface area contributed by atoms with Crippen molar-refractivity contribution in [1.82, 2.24) is 14.8 Å². The van der Waals surface area contributed by atoms with Crippen molar-refractivity contribution in [3.8, 4) is 0 Å². The highest BCUT2D eigenvalue weighted by Crippen LogP contribution is 2.32. The molecule has 4 rings (SSSR count). The van der Waals surface area contributed by atoms with Crippen LogP contribution in [-0.2, 0) is 13.6 Å². The number of nitrogens with zero attached hydrogens (tertiary/aromatic N) is 4. The average Bonchev–Trinajstić information content (AvgIpc) is 2.84. The van der Waals surface area contributed by atoms with Gasteiger partial charge in [-0.15, -0.1) is 0 Å². The zero-order valence-corrected chi connectivity index (χ0v) is 12.5. The van der Waals surface area contributed by atoms with Crippen LogP contribution < -0.4 is 4.90 Å².